The molecule has 0 radical (unpaired) electrons. The van der Waals surface area contributed by atoms with Crippen LogP contribution in [0.15, 0.2) is 121 Å². The van der Waals surface area contributed by atoms with Crippen LogP contribution in [0.4, 0.5) is 0 Å². The third-order valence-corrected chi connectivity index (χ3v) is 7.76. The van der Waals surface area contributed by atoms with Gasteiger partial charge in [0, 0.05) is 0 Å². The summed E-state index contributed by atoms with van der Waals surface area (Å²) in [6.07, 6.45) is -1.88. The molecule has 4 aromatic carbocycles. The zero-order chi connectivity index (χ0) is 28.3. The molecule has 0 saturated carbocycles. The van der Waals surface area contributed by atoms with Gasteiger partial charge in [0.25, 0.3) is 0 Å². The lowest BCUT2D eigenvalue weighted by Gasteiger charge is -2.37. The molecule has 0 aliphatic carbocycles. The summed E-state index contributed by atoms with van der Waals surface area (Å²) in [5, 5.41) is 0. The lowest BCUT2D eigenvalue weighted by Crippen LogP contribution is -2.48. The number of benzene rings is 4. The molecular weight excluding hydrogens is 514 g/mol. The second-order valence-corrected chi connectivity index (χ2v) is 11.1. The number of fused-ring (bicyclic) bond motifs is 1. The summed E-state index contributed by atoms with van der Waals surface area (Å²) in [6.45, 7) is 4.42. The van der Waals surface area contributed by atoms with E-state index in [2.05, 4.69) is 36.4 Å². The van der Waals surface area contributed by atoms with E-state index < -0.39 is 35.9 Å². The Morgan fingerprint density at radius 3 is 1.68 bits per heavy atom. The minimum Gasteiger partial charge on any atom is -0.359 e. The molecule has 2 N–H and O–H groups in total. The molecular formula is C35H37NO5. The molecule has 6 rings (SSSR count). The summed E-state index contributed by atoms with van der Waals surface area (Å²) < 4.78 is 32.2. The minimum absolute atomic E-state index is 0.210. The number of hydrogen-bond donors (Lipinski definition) is 1. The maximum Gasteiger partial charge on any atom is 0.187 e. The van der Waals surface area contributed by atoms with E-state index in [1.807, 2.05) is 98.8 Å². The van der Waals surface area contributed by atoms with E-state index in [-0.39, 0.29) is 12.7 Å². The predicted molar refractivity (Wildman–Crippen MR) is 157 cm³/mol. The summed E-state index contributed by atoms with van der Waals surface area (Å²) in [5.41, 5.74) is 10.1. The van der Waals surface area contributed by atoms with Crippen LogP contribution in [0.5, 0.6) is 0 Å². The minimum atomic E-state index is -0.880. The molecule has 4 aromatic rings. The fraction of sp³-hybridized carbons (Fsp3) is 0.314. The van der Waals surface area contributed by atoms with Gasteiger partial charge in [0.15, 0.2) is 12.1 Å². The van der Waals surface area contributed by atoms with E-state index in [1.54, 1.807) is 0 Å². The van der Waals surface area contributed by atoms with E-state index in [0.717, 1.165) is 22.3 Å². The van der Waals surface area contributed by atoms with Crippen LogP contribution in [0.2, 0.25) is 0 Å². The van der Waals surface area contributed by atoms with Gasteiger partial charge in [-0.15, -0.1) is 0 Å². The van der Waals surface area contributed by atoms with Crippen molar-refractivity contribution < 1.29 is 23.7 Å². The Hall–Kier alpha value is -3.36. The number of rotatable bonds is 10. The van der Waals surface area contributed by atoms with Crippen molar-refractivity contribution in [1.29, 1.82) is 0 Å². The van der Waals surface area contributed by atoms with Gasteiger partial charge in [0.2, 0.25) is 0 Å². The maximum atomic E-state index is 6.98. The highest BCUT2D eigenvalue weighted by Crippen LogP contribution is 2.43. The molecule has 2 aliphatic rings. The molecule has 2 aliphatic heterocycles. The van der Waals surface area contributed by atoms with Crippen molar-refractivity contribution in [3.05, 3.63) is 144 Å². The molecule has 0 aromatic heterocycles. The second-order valence-electron chi connectivity index (χ2n) is 11.1. The van der Waals surface area contributed by atoms with Crippen LogP contribution in [0.1, 0.15) is 36.1 Å². The Bertz CT molecular complexity index is 1290. The molecule has 2 fully saturated rings. The highest BCUT2D eigenvalue weighted by atomic mass is 16.8. The topological polar surface area (TPSA) is 72.2 Å². The first-order valence-electron chi connectivity index (χ1n) is 14.2. The van der Waals surface area contributed by atoms with Gasteiger partial charge in [-0.3, -0.25) is 0 Å². The lowest BCUT2D eigenvalue weighted by molar-refractivity contribution is -0.239. The Morgan fingerprint density at radius 1 is 0.707 bits per heavy atom. The van der Waals surface area contributed by atoms with Gasteiger partial charge in [-0.25, -0.2) is 0 Å². The van der Waals surface area contributed by atoms with Gasteiger partial charge in [-0.1, -0.05) is 121 Å². The molecule has 2 saturated heterocycles. The highest BCUT2D eigenvalue weighted by molar-refractivity contribution is 5.47. The van der Waals surface area contributed by atoms with Crippen LogP contribution in [0.25, 0.3) is 0 Å². The zero-order valence-corrected chi connectivity index (χ0v) is 23.5. The summed E-state index contributed by atoms with van der Waals surface area (Å²) >= 11 is 0. The van der Waals surface area contributed by atoms with Crippen molar-refractivity contribution >= 4 is 0 Å². The van der Waals surface area contributed by atoms with Crippen LogP contribution in [-0.4, -0.2) is 43.0 Å². The van der Waals surface area contributed by atoms with E-state index in [4.69, 9.17) is 29.4 Å². The molecule has 41 heavy (non-hydrogen) atoms. The predicted octanol–water partition coefficient (Wildman–Crippen LogP) is 5.78. The van der Waals surface area contributed by atoms with Crippen LogP contribution in [0, 0.1) is 0 Å². The van der Waals surface area contributed by atoms with Gasteiger partial charge < -0.3 is 29.4 Å². The zero-order valence-electron chi connectivity index (χ0n) is 23.5. The molecule has 0 spiro atoms. The summed E-state index contributed by atoms with van der Waals surface area (Å²) in [4.78, 5) is 0. The van der Waals surface area contributed by atoms with Crippen molar-refractivity contribution in [1.82, 2.24) is 0 Å². The number of hydrogen-bond acceptors (Lipinski definition) is 6. The van der Waals surface area contributed by atoms with Gasteiger partial charge >= 0.3 is 0 Å². The Morgan fingerprint density at radius 2 is 1.17 bits per heavy atom. The first-order valence-corrected chi connectivity index (χ1v) is 14.2. The van der Waals surface area contributed by atoms with Crippen molar-refractivity contribution in [3.63, 3.8) is 0 Å². The van der Waals surface area contributed by atoms with Crippen LogP contribution in [0.3, 0.4) is 0 Å². The van der Waals surface area contributed by atoms with E-state index in [1.165, 1.54) is 0 Å². The fourth-order valence-electron chi connectivity index (χ4n) is 5.91. The standard InChI is InChI=1S/C35H37NO5/c1-34(2)40-31-30(39-33(32(31)41-34)37-23-25-15-7-3-8-16-25)29(36)24-38-35(26-17-9-4-10-18-26,27-19-11-5-12-20-27)28-21-13-6-14-22-28/h3-22,29-33H,23-24,36H2,1-2H3/t29-,30-,31+,32-,33+/m1/s1. The first-order chi connectivity index (χ1) is 20.0. The molecule has 0 bridgehead atoms. The van der Waals surface area contributed by atoms with Crippen molar-refractivity contribution in [2.45, 2.75) is 62.5 Å². The first kappa shape index (κ1) is 27.8. The molecule has 2 heterocycles. The SMILES string of the molecule is CC1(C)O[C@@H]2[C@@H](O1)[C@@H](OCc1ccccc1)O[C@@H]2[C@H](N)COC(c1ccccc1)(c1ccccc1)c1ccccc1. The van der Waals surface area contributed by atoms with Crippen molar-refractivity contribution in [2.24, 2.45) is 5.73 Å². The quantitative estimate of drug-likeness (QED) is 0.252. The lowest BCUT2D eigenvalue weighted by atomic mass is 9.80. The molecule has 212 valence electrons. The summed E-state index contributed by atoms with van der Waals surface area (Å²) in [7, 11) is 0. The maximum absolute atomic E-state index is 6.98. The molecule has 6 heteroatoms. The third-order valence-electron chi connectivity index (χ3n) is 7.76. The number of nitrogens with two attached hydrogens (primary N) is 1. The number of ether oxygens (including phenoxy) is 5. The van der Waals surface area contributed by atoms with Crippen molar-refractivity contribution in [2.75, 3.05) is 6.61 Å². The normalized spacial score (nSPS) is 24.2. The smallest absolute Gasteiger partial charge is 0.187 e. The average Bonchev–Trinajstić information content (AvgIpc) is 3.51. The summed E-state index contributed by atoms with van der Waals surface area (Å²) in [6, 6.07) is 40.3. The van der Waals surface area contributed by atoms with Crippen LogP contribution < -0.4 is 5.73 Å². The Labute approximate surface area is 242 Å². The highest BCUT2D eigenvalue weighted by Gasteiger charge is 2.57. The third kappa shape index (κ3) is 5.72. The van der Waals surface area contributed by atoms with E-state index in [0.29, 0.717) is 6.61 Å². The van der Waals surface area contributed by atoms with E-state index >= 15 is 0 Å². The van der Waals surface area contributed by atoms with E-state index in [9.17, 15) is 0 Å². The van der Waals surface area contributed by atoms with Crippen LogP contribution in [-0.2, 0) is 35.9 Å². The molecule has 6 nitrogen and oxygen atoms in total. The van der Waals surface area contributed by atoms with Crippen LogP contribution >= 0.6 is 0 Å². The monoisotopic (exact) mass is 551 g/mol. The van der Waals surface area contributed by atoms with Gasteiger partial charge in [-0.05, 0) is 36.1 Å². The Balaban J connectivity index is 1.28. The van der Waals surface area contributed by atoms with Gasteiger partial charge in [0.05, 0.1) is 19.3 Å². The molecule has 5 atom stereocenters. The molecule has 0 unspecified atom stereocenters. The fourth-order valence-corrected chi connectivity index (χ4v) is 5.91. The second kappa shape index (κ2) is 11.9. The molecule has 0 amide bonds. The van der Waals surface area contributed by atoms with Crippen molar-refractivity contribution in [3.8, 4) is 0 Å². The Kier molecular flexibility index (Phi) is 8.04. The average molecular weight is 552 g/mol. The van der Waals surface area contributed by atoms with Gasteiger partial charge in [-0.2, -0.15) is 0 Å². The van der Waals surface area contributed by atoms with Gasteiger partial charge in [0.1, 0.15) is 23.9 Å². The largest absolute Gasteiger partial charge is 0.359 e. The summed E-state index contributed by atoms with van der Waals surface area (Å²) in [5.74, 6) is -0.770.